The Balaban J connectivity index is 2.29. The molecule has 0 N–H and O–H groups in total. The molecule has 1 aliphatic heterocycles. The molecule has 0 saturated carbocycles. The van der Waals surface area contributed by atoms with Gasteiger partial charge in [0.15, 0.2) is 0 Å². The van der Waals surface area contributed by atoms with Gasteiger partial charge < -0.3 is 9.47 Å². The fourth-order valence-electron chi connectivity index (χ4n) is 2.29. The number of cyclic esters (lactones) is 1. The fraction of sp³-hybridized carbons (Fsp3) is 0.375. The smallest absolute Gasteiger partial charge is 0.414 e. The molecule has 1 heterocycles. The maximum atomic E-state index is 11.9. The number of carbonyl (C=O) groups is 2. The summed E-state index contributed by atoms with van der Waals surface area (Å²) in [5, 5.41) is 0. The van der Waals surface area contributed by atoms with Crippen LogP contribution in [0.3, 0.4) is 0 Å². The minimum Gasteiger partial charge on any atom is -0.466 e. The van der Waals surface area contributed by atoms with E-state index in [-0.39, 0.29) is 12.6 Å². The third-order valence-electron chi connectivity index (χ3n) is 3.36. The first-order chi connectivity index (χ1) is 10.2. The van der Waals surface area contributed by atoms with Crippen LogP contribution in [0.25, 0.3) is 0 Å². The maximum absolute atomic E-state index is 11.9. The Kier molecular flexibility index (Phi) is 4.98. The van der Waals surface area contributed by atoms with Crippen molar-refractivity contribution in [1.82, 2.24) is 4.90 Å². The summed E-state index contributed by atoms with van der Waals surface area (Å²) in [4.78, 5) is 25.2. The molecular formula is C16H19NO4. The number of rotatable bonds is 5. The van der Waals surface area contributed by atoms with E-state index in [1.807, 2.05) is 37.3 Å². The minimum atomic E-state index is -0.443. The van der Waals surface area contributed by atoms with Crippen molar-refractivity contribution in [3.63, 3.8) is 0 Å². The van der Waals surface area contributed by atoms with E-state index in [0.29, 0.717) is 12.0 Å². The van der Waals surface area contributed by atoms with E-state index in [4.69, 9.17) is 9.47 Å². The molecule has 1 aromatic carbocycles. The molecule has 1 aromatic rings. The molecule has 112 valence electrons. The quantitative estimate of drug-likeness (QED) is 0.617. The van der Waals surface area contributed by atoms with E-state index in [9.17, 15) is 9.59 Å². The highest BCUT2D eigenvalue weighted by atomic mass is 16.6. The Bertz CT molecular complexity index is 538. The Morgan fingerprint density at radius 2 is 2.14 bits per heavy atom. The molecule has 5 nitrogen and oxygen atoms in total. The topological polar surface area (TPSA) is 55.8 Å². The molecule has 0 aromatic heterocycles. The molecule has 0 bridgehead atoms. The first-order valence-corrected chi connectivity index (χ1v) is 6.96. The molecule has 1 aliphatic rings. The summed E-state index contributed by atoms with van der Waals surface area (Å²) in [5.74, 6) is -0.414. The average Bonchev–Trinajstić information content (AvgIpc) is 2.88. The average molecular weight is 289 g/mol. The predicted octanol–water partition coefficient (Wildman–Crippen LogP) is 3.04. The third-order valence-corrected chi connectivity index (χ3v) is 3.36. The van der Waals surface area contributed by atoms with Crippen LogP contribution < -0.4 is 0 Å². The normalized spacial score (nSPS) is 18.6. The van der Waals surface area contributed by atoms with E-state index < -0.39 is 12.1 Å². The summed E-state index contributed by atoms with van der Waals surface area (Å²) in [6.07, 6.45) is 2.46. The second-order valence-corrected chi connectivity index (χ2v) is 4.81. The summed E-state index contributed by atoms with van der Waals surface area (Å²) in [6, 6.07) is 9.39. The molecule has 21 heavy (non-hydrogen) atoms. The lowest BCUT2D eigenvalue weighted by Gasteiger charge is -2.19. The highest BCUT2D eigenvalue weighted by Crippen LogP contribution is 2.29. The van der Waals surface area contributed by atoms with Crippen LogP contribution in [-0.4, -0.2) is 30.7 Å². The monoisotopic (exact) mass is 289 g/mol. The van der Waals surface area contributed by atoms with Crippen molar-refractivity contribution >= 4 is 12.1 Å². The van der Waals surface area contributed by atoms with Gasteiger partial charge >= 0.3 is 12.1 Å². The molecule has 1 amide bonds. The zero-order chi connectivity index (χ0) is 15.2. The van der Waals surface area contributed by atoms with Gasteiger partial charge in [-0.2, -0.15) is 0 Å². The first kappa shape index (κ1) is 15.1. The van der Waals surface area contributed by atoms with Crippen molar-refractivity contribution in [2.45, 2.75) is 25.8 Å². The van der Waals surface area contributed by atoms with Gasteiger partial charge in [-0.15, -0.1) is 0 Å². The van der Waals surface area contributed by atoms with Crippen LogP contribution in [0.4, 0.5) is 4.79 Å². The van der Waals surface area contributed by atoms with Gasteiger partial charge in [-0.25, -0.2) is 9.59 Å². The second-order valence-electron chi connectivity index (χ2n) is 4.81. The van der Waals surface area contributed by atoms with Gasteiger partial charge in [0.2, 0.25) is 0 Å². The number of methoxy groups -OCH3 is 1. The lowest BCUT2D eigenvalue weighted by molar-refractivity contribution is -0.136. The zero-order valence-corrected chi connectivity index (χ0v) is 12.2. The number of ether oxygens (including phenoxy) is 2. The maximum Gasteiger partial charge on any atom is 0.414 e. The molecule has 0 aliphatic carbocycles. The van der Waals surface area contributed by atoms with Crippen molar-refractivity contribution in [1.29, 1.82) is 0 Å². The number of esters is 1. The number of amides is 1. The zero-order valence-electron chi connectivity index (χ0n) is 12.2. The molecule has 0 unspecified atom stereocenters. The SMILES string of the molecule is CCC/C(=C\N1C(=O)OC[C@@H]1c1ccccc1)C(=O)OC. The van der Waals surface area contributed by atoms with Crippen LogP contribution in [-0.2, 0) is 14.3 Å². The van der Waals surface area contributed by atoms with Gasteiger partial charge in [-0.05, 0) is 12.0 Å². The molecule has 0 spiro atoms. The van der Waals surface area contributed by atoms with Crippen LogP contribution in [0.5, 0.6) is 0 Å². The van der Waals surface area contributed by atoms with Crippen LogP contribution in [0, 0.1) is 0 Å². The fourth-order valence-corrected chi connectivity index (χ4v) is 2.29. The summed E-state index contributed by atoms with van der Waals surface area (Å²) >= 11 is 0. The Hall–Kier alpha value is -2.30. The van der Waals surface area contributed by atoms with Crippen molar-refractivity contribution < 1.29 is 19.1 Å². The van der Waals surface area contributed by atoms with E-state index in [1.54, 1.807) is 6.20 Å². The van der Waals surface area contributed by atoms with Gasteiger partial charge in [0.05, 0.1) is 18.7 Å². The van der Waals surface area contributed by atoms with Crippen molar-refractivity contribution in [2.24, 2.45) is 0 Å². The molecular weight excluding hydrogens is 270 g/mol. The Morgan fingerprint density at radius 1 is 1.43 bits per heavy atom. The first-order valence-electron chi connectivity index (χ1n) is 6.96. The third kappa shape index (κ3) is 3.42. The highest BCUT2D eigenvalue weighted by molar-refractivity contribution is 5.89. The number of hydrogen-bond acceptors (Lipinski definition) is 4. The van der Waals surface area contributed by atoms with Crippen molar-refractivity contribution in [3.8, 4) is 0 Å². The van der Waals surface area contributed by atoms with E-state index in [0.717, 1.165) is 12.0 Å². The number of benzene rings is 1. The summed E-state index contributed by atoms with van der Waals surface area (Å²) in [6.45, 7) is 2.24. The van der Waals surface area contributed by atoms with Crippen LogP contribution in [0.15, 0.2) is 42.1 Å². The van der Waals surface area contributed by atoms with Gasteiger partial charge in [-0.3, -0.25) is 4.90 Å². The van der Waals surface area contributed by atoms with Gasteiger partial charge in [-0.1, -0.05) is 43.7 Å². The number of hydrogen-bond donors (Lipinski definition) is 0. The summed E-state index contributed by atoms with van der Waals surface area (Å²) in [5.41, 5.74) is 1.44. The Labute approximate surface area is 124 Å². The van der Waals surface area contributed by atoms with E-state index >= 15 is 0 Å². The minimum absolute atomic E-state index is 0.213. The highest BCUT2D eigenvalue weighted by Gasteiger charge is 2.33. The van der Waals surface area contributed by atoms with Gasteiger partial charge in [0.1, 0.15) is 6.61 Å². The van der Waals surface area contributed by atoms with Crippen LogP contribution >= 0.6 is 0 Å². The summed E-state index contributed by atoms with van der Waals surface area (Å²) < 4.78 is 9.88. The van der Waals surface area contributed by atoms with E-state index in [2.05, 4.69) is 0 Å². The molecule has 1 atom stereocenters. The number of carbonyl (C=O) groups excluding carboxylic acids is 2. The molecule has 2 rings (SSSR count). The van der Waals surface area contributed by atoms with Crippen molar-refractivity contribution in [3.05, 3.63) is 47.7 Å². The lowest BCUT2D eigenvalue weighted by Crippen LogP contribution is -2.23. The van der Waals surface area contributed by atoms with E-state index in [1.165, 1.54) is 12.0 Å². The van der Waals surface area contributed by atoms with Gasteiger partial charge in [0, 0.05) is 6.20 Å². The largest absolute Gasteiger partial charge is 0.466 e. The number of nitrogens with zero attached hydrogens (tertiary/aromatic N) is 1. The predicted molar refractivity (Wildman–Crippen MR) is 77.4 cm³/mol. The second kappa shape index (κ2) is 6.92. The van der Waals surface area contributed by atoms with Crippen LogP contribution in [0.1, 0.15) is 31.4 Å². The van der Waals surface area contributed by atoms with Crippen LogP contribution in [0.2, 0.25) is 0 Å². The van der Waals surface area contributed by atoms with Gasteiger partial charge in [0.25, 0.3) is 0 Å². The standard InChI is InChI=1S/C16H19NO4/c1-3-7-13(15(18)20-2)10-17-14(11-21-16(17)19)12-8-5-4-6-9-12/h4-6,8-10,14H,3,7,11H2,1-2H3/b13-10+/t14-/m1/s1. The molecule has 0 radical (unpaired) electrons. The molecule has 1 saturated heterocycles. The summed E-state index contributed by atoms with van der Waals surface area (Å²) in [7, 11) is 1.34. The lowest BCUT2D eigenvalue weighted by atomic mass is 10.1. The Morgan fingerprint density at radius 3 is 2.76 bits per heavy atom. The molecule has 1 fully saturated rings. The molecule has 5 heteroatoms. The van der Waals surface area contributed by atoms with Crippen molar-refractivity contribution in [2.75, 3.05) is 13.7 Å².